The lowest BCUT2D eigenvalue weighted by Gasteiger charge is -2.03. The van der Waals surface area contributed by atoms with Gasteiger partial charge in [-0.3, -0.25) is 4.79 Å². The van der Waals surface area contributed by atoms with Crippen LogP contribution >= 0.6 is 31.9 Å². The molecule has 0 aromatic heterocycles. The Balaban J connectivity index is 2.10. The molecule has 0 saturated heterocycles. The predicted octanol–water partition coefficient (Wildman–Crippen LogP) is 3.68. The van der Waals surface area contributed by atoms with Crippen molar-refractivity contribution in [2.24, 2.45) is 5.10 Å². The molecule has 0 saturated carbocycles. The number of amides is 1. The van der Waals surface area contributed by atoms with E-state index >= 15 is 0 Å². The second-order valence-electron chi connectivity index (χ2n) is 3.89. The Hall–Kier alpha value is -1.66. The summed E-state index contributed by atoms with van der Waals surface area (Å²) in [6, 6.07) is 12.2. The van der Waals surface area contributed by atoms with Crippen molar-refractivity contribution in [1.82, 2.24) is 5.43 Å². The van der Waals surface area contributed by atoms with Crippen molar-refractivity contribution in [3.05, 3.63) is 62.5 Å². The lowest BCUT2D eigenvalue weighted by atomic mass is 10.2. The zero-order chi connectivity index (χ0) is 14.5. The van der Waals surface area contributed by atoms with Gasteiger partial charge in [-0.1, -0.05) is 34.1 Å². The second-order valence-corrected chi connectivity index (χ2v) is 5.66. The average molecular weight is 398 g/mol. The van der Waals surface area contributed by atoms with Gasteiger partial charge in [0.25, 0.3) is 5.91 Å². The minimum Gasteiger partial charge on any atom is -0.506 e. The van der Waals surface area contributed by atoms with Crippen molar-refractivity contribution in [3.63, 3.8) is 0 Å². The fraction of sp³-hybridized carbons (Fsp3) is 0. The van der Waals surface area contributed by atoms with Gasteiger partial charge < -0.3 is 5.11 Å². The van der Waals surface area contributed by atoms with E-state index in [-0.39, 0.29) is 11.7 Å². The van der Waals surface area contributed by atoms with Crippen LogP contribution in [0.2, 0.25) is 0 Å². The molecule has 2 aromatic rings. The Morgan fingerprint density at radius 2 is 1.90 bits per heavy atom. The maximum absolute atomic E-state index is 11.7. The van der Waals surface area contributed by atoms with Crippen LogP contribution in [0, 0.1) is 0 Å². The minimum absolute atomic E-state index is 0.0610. The number of carbonyl (C=O) groups is 1. The highest BCUT2D eigenvalue weighted by atomic mass is 79.9. The fourth-order valence-electron chi connectivity index (χ4n) is 1.50. The first kappa shape index (κ1) is 14.7. The summed E-state index contributed by atoms with van der Waals surface area (Å²) in [4.78, 5) is 11.7. The number of nitrogens with one attached hydrogen (secondary N) is 1. The number of carbonyl (C=O) groups excluding carboxylic acids is 1. The molecule has 0 atom stereocenters. The van der Waals surface area contributed by atoms with Crippen molar-refractivity contribution in [2.75, 3.05) is 0 Å². The number of halogens is 2. The number of aromatic hydroxyl groups is 1. The van der Waals surface area contributed by atoms with E-state index in [1.54, 1.807) is 36.4 Å². The summed E-state index contributed by atoms with van der Waals surface area (Å²) in [6.45, 7) is 0. The van der Waals surface area contributed by atoms with E-state index in [9.17, 15) is 9.90 Å². The molecule has 2 aromatic carbocycles. The fourth-order valence-corrected chi connectivity index (χ4v) is 2.76. The van der Waals surface area contributed by atoms with E-state index in [4.69, 9.17) is 0 Å². The summed E-state index contributed by atoms with van der Waals surface area (Å²) >= 11 is 6.54. The largest absolute Gasteiger partial charge is 0.506 e. The number of hydrogen-bond donors (Lipinski definition) is 2. The molecule has 0 heterocycles. The molecule has 1 amide bonds. The maximum atomic E-state index is 11.7. The molecule has 0 spiro atoms. The number of phenols is 1. The number of phenolic OH excluding ortho intramolecular Hbond substituents is 1. The number of hydrogen-bond acceptors (Lipinski definition) is 3. The normalized spacial score (nSPS) is 10.7. The van der Waals surface area contributed by atoms with Gasteiger partial charge >= 0.3 is 0 Å². The number of hydrazone groups is 1. The van der Waals surface area contributed by atoms with Crippen LogP contribution in [-0.4, -0.2) is 17.2 Å². The number of rotatable bonds is 3. The van der Waals surface area contributed by atoms with Gasteiger partial charge in [0.1, 0.15) is 5.75 Å². The van der Waals surface area contributed by atoms with Crippen molar-refractivity contribution in [2.45, 2.75) is 0 Å². The average Bonchev–Trinajstić information content (AvgIpc) is 2.44. The van der Waals surface area contributed by atoms with Crippen LogP contribution in [0.15, 0.2) is 56.5 Å². The molecule has 102 valence electrons. The van der Waals surface area contributed by atoms with Crippen LogP contribution in [0.3, 0.4) is 0 Å². The van der Waals surface area contributed by atoms with Crippen molar-refractivity contribution >= 4 is 44.0 Å². The SMILES string of the molecule is O=C(N/N=C/c1cc(Br)cc(Br)c1O)c1ccccc1. The van der Waals surface area contributed by atoms with Crippen molar-refractivity contribution in [1.29, 1.82) is 0 Å². The van der Waals surface area contributed by atoms with E-state index in [0.717, 1.165) is 4.47 Å². The molecule has 0 unspecified atom stereocenters. The Bertz CT molecular complexity index is 658. The molecular weight excluding hydrogens is 388 g/mol. The van der Waals surface area contributed by atoms with Crippen LogP contribution in [0.5, 0.6) is 5.75 Å². The van der Waals surface area contributed by atoms with Crippen LogP contribution in [-0.2, 0) is 0 Å². The molecule has 0 fully saturated rings. The third-order valence-electron chi connectivity index (χ3n) is 2.46. The summed E-state index contributed by atoms with van der Waals surface area (Å²) in [5.74, 6) is -0.249. The van der Waals surface area contributed by atoms with Crippen LogP contribution in [0.25, 0.3) is 0 Å². The van der Waals surface area contributed by atoms with E-state index in [1.807, 2.05) is 6.07 Å². The summed E-state index contributed by atoms with van der Waals surface area (Å²) in [6.07, 6.45) is 1.38. The summed E-state index contributed by atoms with van der Waals surface area (Å²) in [5.41, 5.74) is 3.41. The van der Waals surface area contributed by atoms with Crippen LogP contribution in [0.4, 0.5) is 0 Å². The molecule has 2 rings (SSSR count). The first-order valence-corrected chi connectivity index (χ1v) is 7.23. The standard InChI is InChI=1S/C14H10Br2N2O2/c15-11-6-10(13(19)12(16)7-11)8-17-18-14(20)9-4-2-1-3-5-9/h1-8,19H,(H,18,20)/b17-8+. The van der Waals surface area contributed by atoms with Gasteiger partial charge in [0, 0.05) is 15.6 Å². The Kier molecular flexibility index (Phi) is 4.92. The van der Waals surface area contributed by atoms with Gasteiger partial charge in [-0.05, 0) is 40.2 Å². The molecule has 2 N–H and O–H groups in total. The molecule has 0 radical (unpaired) electrons. The zero-order valence-corrected chi connectivity index (χ0v) is 13.3. The first-order chi connectivity index (χ1) is 9.58. The lowest BCUT2D eigenvalue weighted by Crippen LogP contribution is -2.17. The zero-order valence-electron chi connectivity index (χ0n) is 10.2. The minimum atomic E-state index is -0.310. The highest BCUT2D eigenvalue weighted by molar-refractivity contribution is 9.11. The highest BCUT2D eigenvalue weighted by Crippen LogP contribution is 2.30. The Labute approximate surface area is 132 Å². The van der Waals surface area contributed by atoms with E-state index < -0.39 is 0 Å². The Morgan fingerprint density at radius 1 is 1.20 bits per heavy atom. The van der Waals surface area contributed by atoms with Gasteiger partial charge in [-0.2, -0.15) is 5.10 Å². The molecule has 20 heavy (non-hydrogen) atoms. The smallest absolute Gasteiger partial charge is 0.271 e. The molecular formula is C14H10Br2N2O2. The summed E-state index contributed by atoms with van der Waals surface area (Å²) < 4.78 is 1.33. The van der Waals surface area contributed by atoms with E-state index in [1.165, 1.54) is 6.21 Å². The van der Waals surface area contributed by atoms with Crippen LogP contribution in [0.1, 0.15) is 15.9 Å². The second kappa shape index (κ2) is 6.67. The van der Waals surface area contributed by atoms with Gasteiger partial charge in [0.2, 0.25) is 0 Å². The topological polar surface area (TPSA) is 61.7 Å². The molecule has 0 aliphatic rings. The third-order valence-corrected chi connectivity index (χ3v) is 3.53. The van der Waals surface area contributed by atoms with Gasteiger partial charge in [-0.25, -0.2) is 5.43 Å². The molecule has 0 aliphatic heterocycles. The molecule has 0 bridgehead atoms. The number of nitrogens with zero attached hydrogens (tertiary/aromatic N) is 1. The van der Waals surface area contributed by atoms with E-state index in [0.29, 0.717) is 15.6 Å². The molecule has 0 aliphatic carbocycles. The van der Waals surface area contributed by atoms with Crippen molar-refractivity contribution < 1.29 is 9.90 Å². The van der Waals surface area contributed by atoms with Crippen molar-refractivity contribution in [3.8, 4) is 5.75 Å². The van der Waals surface area contributed by atoms with Gasteiger partial charge in [0.05, 0.1) is 10.7 Å². The summed E-state index contributed by atoms with van der Waals surface area (Å²) in [7, 11) is 0. The highest BCUT2D eigenvalue weighted by Gasteiger charge is 2.06. The quantitative estimate of drug-likeness (QED) is 0.612. The Morgan fingerprint density at radius 3 is 2.60 bits per heavy atom. The maximum Gasteiger partial charge on any atom is 0.271 e. The van der Waals surface area contributed by atoms with Gasteiger partial charge in [0.15, 0.2) is 0 Å². The predicted molar refractivity (Wildman–Crippen MR) is 85.0 cm³/mol. The lowest BCUT2D eigenvalue weighted by molar-refractivity contribution is 0.0955. The first-order valence-electron chi connectivity index (χ1n) is 5.64. The van der Waals surface area contributed by atoms with Gasteiger partial charge in [-0.15, -0.1) is 0 Å². The third kappa shape index (κ3) is 3.68. The van der Waals surface area contributed by atoms with Crippen LogP contribution < -0.4 is 5.43 Å². The molecule has 4 nitrogen and oxygen atoms in total. The monoisotopic (exact) mass is 396 g/mol. The molecule has 6 heteroatoms. The van der Waals surface area contributed by atoms with E-state index in [2.05, 4.69) is 42.4 Å². The summed E-state index contributed by atoms with van der Waals surface area (Å²) in [5, 5.41) is 13.7. The number of benzene rings is 2.